The highest BCUT2D eigenvalue weighted by Crippen LogP contribution is 2.65. The number of rotatable bonds is 17. The third-order valence-corrected chi connectivity index (χ3v) is 12.0. The van der Waals surface area contributed by atoms with E-state index < -0.39 is 64.8 Å². The van der Waals surface area contributed by atoms with Crippen LogP contribution in [0.2, 0.25) is 0 Å². The summed E-state index contributed by atoms with van der Waals surface area (Å²) < 4.78 is 16.0. The Kier molecular flexibility index (Phi) is 14.9. The van der Waals surface area contributed by atoms with Crippen molar-refractivity contribution >= 4 is 47.7 Å². The van der Waals surface area contributed by atoms with Gasteiger partial charge in [-0.2, -0.15) is 11.8 Å². The number of ether oxygens (including phenoxy) is 3. The number of aliphatic carboxylic acids is 1. The zero-order valence-corrected chi connectivity index (χ0v) is 36.7. The van der Waals surface area contributed by atoms with E-state index in [1.165, 1.54) is 11.8 Å². The lowest BCUT2D eigenvalue weighted by molar-refractivity contribution is -0.159. The van der Waals surface area contributed by atoms with E-state index in [4.69, 9.17) is 14.2 Å². The molecule has 2 unspecified atom stereocenters. The summed E-state index contributed by atoms with van der Waals surface area (Å²) in [5.74, 6) is -0.960. The Morgan fingerprint density at radius 2 is 1.33 bits per heavy atom. The van der Waals surface area contributed by atoms with Crippen molar-refractivity contribution in [3.8, 4) is 5.75 Å². The minimum atomic E-state index is -1.13. The molecule has 0 aromatic heterocycles. The monoisotopic (exact) mass is 850 g/mol. The molecule has 4 aliphatic carbocycles. The number of alkyl carbamates (subject to hydrolysis) is 1. The van der Waals surface area contributed by atoms with Crippen molar-refractivity contribution in [1.82, 2.24) is 21.3 Å². The summed E-state index contributed by atoms with van der Waals surface area (Å²) >= 11 is 1.49. The van der Waals surface area contributed by atoms with Crippen LogP contribution in [0.4, 0.5) is 9.59 Å². The van der Waals surface area contributed by atoms with Gasteiger partial charge < -0.3 is 40.6 Å². The van der Waals surface area contributed by atoms with E-state index in [2.05, 4.69) is 21.3 Å². The van der Waals surface area contributed by atoms with Crippen LogP contribution in [0.5, 0.6) is 5.75 Å². The Morgan fingerprint density at radius 3 is 1.90 bits per heavy atom. The Balaban J connectivity index is 1.30. The van der Waals surface area contributed by atoms with Crippen LogP contribution in [-0.4, -0.2) is 88.9 Å². The van der Waals surface area contributed by atoms with Gasteiger partial charge in [-0.25, -0.2) is 14.4 Å². The van der Waals surface area contributed by atoms with Gasteiger partial charge in [0.2, 0.25) is 17.7 Å². The van der Waals surface area contributed by atoms with Crippen LogP contribution in [0, 0.1) is 22.7 Å². The summed E-state index contributed by atoms with van der Waals surface area (Å²) in [6, 6.07) is 12.8. The van der Waals surface area contributed by atoms with E-state index >= 15 is 0 Å². The normalized spacial score (nSPS) is 23.3. The first-order valence-corrected chi connectivity index (χ1v) is 22.2. The molecule has 4 saturated carbocycles. The summed E-state index contributed by atoms with van der Waals surface area (Å²) in [5.41, 5.74) is -1.13. The van der Waals surface area contributed by atoms with Gasteiger partial charge in [-0.1, -0.05) is 42.5 Å². The standard InChI is InChI=1S/C45H62N4O10S/c1-42(2,3)58-40(55)49-34(21-29-13-15-32(16-14-29)57-41(56)59-43(4,5)6)36(50)46-27-44-22-30-19-31(23-44)25-45(24-30,26-44)39(54)48-35(20-28-11-9-8-10-12-28)37(51)47-33(38(52)53)17-18-60-7/h8-16,30-31,33-35H,17-27H2,1-7H3,(H,46,50)(H,47,51)(H,48,54)(H,49,55)(H,52,53)/t30-,31+,33-,34-,35-,44?,45?/m0/s1. The molecule has 4 amide bonds. The van der Waals surface area contributed by atoms with Gasteiger partial charge in [-0.15, -0.1) is 0 Å². The lowest BCUT2D eigenvalue weighted by atomic mass is 9.44. The maximum Gasteiger partial charge on any atom is 0.514 e. The van der Waals surface area contributed by atoms with Crippen molar-refractivity contribution in [2.24, 2.45) is 22.7 Å². The van der Waals surface area contributed by atoms with Crippen molar-refractivity contribution in [1.29, 1.82) is 0 Å². The van der Waals surface area contributed by atoms with E-state index in [1.54, 1.807) is 65.8 Å². The molecule has 60 heavy (non-hydrogen) atoms. The van der Waals surface area contributed by atoms with Crippen LogP contribution in [-0.2, 0) is 41.5 Å². The first-order valence-electron chi connectivity index (χ1n) is 20.8. The minimum Gasteiger partial charge on any atom is -0.480 e. The molecule has 0 aliphatic heterocycles. The van der Waals surface area contributed by atoms with Crippen molar-refractivity contribution in [2.45, 2.75) is 129 Å². The minimum absolute atomic E-state index is 0.118. The van der Waals surface area contributed by atoms with Crippen molar-refractivity contribution in [3.63, 3.8) is 0 Å². The molecule has 2 aromatic rings. The summed E-state index contributed by atoms with van der Waals surface area (Å²) in [6.07, 6.45) is 5.39. The molecule has 2 aromatic carbocycles. The number of carbonyl (C=O) groups is 6. The molecule has 15 heteroatoms. The number of carboxylic acids is 1. The average molecular weight is 851 g/mol. The highest BCUT2D eigenvalue weighted by molar-refractivity contribution is 7.98. The van der Waals surface area contributed by atoms with Gasteiger partial charge in [0.25, 0.3) is 0 Å². The number of benzene rings is 2. The molecule has 4 fully saturated rings. The quantitative estimate of drug-likeness (QED) is 0.0899. The predicted octanol–water partition coefficient (Wildman–Crippen LogP) is 6.19. The number of hydrogen-bond acceptors (Lipinski definition) is 10. The van der Waals surface area contributed by atoms with Crippen molar-refractivity contribution < 1.29 is 48.1 Å². The summed E-state index contributed by atoms with van der Waals surface area (Å²) in [5, 5.41) is 21.5. The van der Waals surface area contributed by atoms with Crippen molar-refractivity contribution in [2.75, 3.05) is 18.6 Å². The molecule has 14 nitrogen and oxygen atoms in total. The first-order chi connectivity index (χ1) is 28.2. The van der Waals surface area contributed by atoms with Crippen LogP contribution < -0.4 is 26.0 Å². The molecule has 4 aliphatic rings. The molecule has 0 radical (unpaired) electrons. The van der Waals surface area contributed by atoms with Crippen LogP contribution >= 0.6 is 11.8 Å². The Morgan fingerprint density at radius 1 is 0.750 bits per heavy atom. The maximum atomic E-state index is 14.6. The van der Waals surface area contributed by atoms with Gasteiger partial charge in [-0.3, -0.25) is 14.4 Å². The molecule has 0 spiro atoms. The Labute approximate surface area is 357 Å². The Hall–Kier alpha value is -4.79. The SMILES string of the molecule is CSCC[C@H](NC(=O)[C@H](Cc1ccccc1)NC(=O)C12C[C@@H]3C[C@@H](CC(CNC(=O)[C@H](Cc4ccc(OC(=O)OC(C)(C)C)cc4)NC(=O)OC(C)(C)C)(C3)C1)C2)C(=O)O. The van der Waals surface area contributed by atoms with E-state index in [1.807, 2.05) is 36.6 Å². The molecule has 328 valence electrons. The summed E-state index contributed by atoms with van der Waals surface area (Å²) in [7, 11) is 0. The lowest BCUT2D eigenvalue weighted by Crippen LogP contribution is -2.62. The molecule has 7 atom stereocenters. The van der Waals surface area contributed by atoms with Gasteiger partial charge in [0, 0.05) is 19.4 Å². The predicted molar refractivity (Wildman–Crippen MR) is 227 cm³/mol. The van der Waals surface area contributed by atoms with Gasteiger partial charge in [0.05, 0.1) is 5.41 Å². The van der Waals surface area contributed by atoms with Crippen LogP contribution in [0.25, 0.3) is 0 Å². The fourth-order valence-electron chi connectivity index (χ4n) is 9.41. The second kappa shape index (κ2) is 19.3. The zero-order valence-electron chi connectivity index (χ0n) is 35.9. The molecule has 6 rings (SSSR count). The molecule has 5 N–H and O–H groups in total. The zero-order chi connectivity index (χ0) is 43.9. The van der Waals surface area contributed by atoms with E-state index in [9.17, 15) is 33.9 Å². The lowest BCUT2D eigenvalue weighted by Gasteiger charge is -2.61. The second-order valence-electron chi connectivity index (χ2n) is 19.0. The third-order valence-electron chi connectivity index (χ3n) is 11.4. The summed E-state index contributed by atoms with van der Waals surface area (Å²) in [6.45, 7) is 10.7. The van der Waals surface area contributed by atoms with Crippen LogP contribution in [0.3, 0.4) is 0 Å². The van der Waals surface area contributed by atoms with Gasteiger partial charge >= 0.3 is 18.2 Å². The fourth-order valence-corrected chi connectivity index (χ4v) is 9.89. The number of thioether (sulfide) groups is 1. The highest BCUT2D eigenvalue weighted by Gasteiger charge is 2.60. The van der Waals surface area contributed by atoms with Crippen molar-refractivity contribution in [3.05, 3.63) is 65.7 Å². The summed E-state index contributed by atoms with van der Waals surface area (Å²) in [4.78, 5) is 79.6. The van der Waals surface area contributed by atoms with E-state index in [0.717, 1.165) is 24.8 Å². The molecular weight excluding hydrogens is 789 g/mol. The van der Waals surface area contributed by atoms with Crippen LogP contribution in [0.1, 0.15) is 97.6 Å². The number of carbonyl (C=O) groups excluding carboxylic acids is 5. The number of amides is 4. The van der Waals surface area contributed by atoms with E-state index in [-0.39, 0.29) is 48.2 Å². The number of carboxylic acid groups (broad SMARTS) is 1. The Bertz CT molecular complexity index is 1850. The smallest absolute Gasteiger partial charge is 0.480 e. The van der Waals surface area contributed by atoms with E-state index in [0.29, 0.717) is 37.1 Å². The van der Waals surface area contributed by atoms with Gasteiger partial charge in [-0.05, 0) is 139 Å². The van der Waals surface area contributed by atoms with Gasteiger partial charge in [0.15, 0.2) is 0 Å². The third kappa shape index (κ3) is 13.1. The first kappa shape index (κ1) is 46.3. The molecule has 0 heterocycles. The topological polar surface area (TPSA) is 198 Å². The second-order valence-corrected chi connectivity index (χ2v) is 20.0. The van der Waals surface area contributed by atoms with Gasteiger partial charge in [0.1, 0.15) is 35.1 Å². The number of hydrogen-bond donors (Lipinski definition) is 5. The van der Waals surface area contributed by atoms with Crippen LogP contribution in [0.15, 0.2) is 54.6 Å². The average Bonchev–Trinajstić information content (AvgIpc) is 3.14. The highest BCUT2D eigenvalue weighted by atomic mass is 32.2. The number of nitrogens with one attached hydrogen (secondary N) is 4. The molecule has 4 bridgehead atoms. The molecule has 0 saturated heterocycles. The fraction of sp³-hybridized carbons (Fsp3) is 0.600. The molecular formula is C45H62N4O10S. The maximum absolute atomic E-state index is 14.6. The largest absolute Gasteiger partial charge is 0.514 e.